The fourth-order valence-electron chi connectivity index (χ4n) is 4.16. The largest absolute Gasteiger partial charge is 0.340 e. The minimum absolute atomic E-state index is 0.212. The van der Waals surface area contributed by atoms with Crippen molar-refractivity contribution in [1.82, 2.24) is 19.6 Å². The highest BCUT2D eigenvalue weighted by Crippen LogP contribution is 2.21. The molecule has 1 aliphatic rings. The minimum Gasteiger partial charge on any atom is -0.340 e. The van der Waals surface area contributed by atoms with E-state index in [-0.39, 0.29) is 5.91 Å². The van der Waals surface area contributed by atoms with Crippen LogP contribution in [0.4, 0.5) is 0 Å². The highest BCUT2D eigenvalue weighted by atomic mass is 16.2. The van der Waals surface area contributed by atoms with Gasteiger partial charge in [0, 0.05) is 51.0 Å². The molecule has 28 heavy (non-hydrogen) atoms. The lowest BCUT2D eigenvalue weighted by atomic mass is 10.0. The molecule has 1 fully saturated rings. The van der Waals surface area contributed by atoms with E-state index >= 15 is 0 Å². The standard InChI is InChI=1S/C23H28N4O/c1-17-22(18(2)25(3)24-17)15-23(28)27-13-11-26(12-14-27)16-20-9-6-8-19-7-4-5-10-21(19)20/h4-10H,11-16H2,1-3H3. The molecule has 1 saturated heterocycles. The summed E-state index contributed by atoms with van der Waals surface area (Å²) in [7, 11) is 1.93. The van der Waals surface area contributed by atoms with E-state index in [9.17, 15) is 4.79 Å². The lowest BCUT2D eigenvalue weighted by molar-refractivity contribution is -0.132. The number of hydrogen-bond acceptors (Lipinski definition) is 3. The van der Waals surface area contributed by atoms with Gasteiger partial charge in [-0.25, -0.2) is 0 Å². The van der Waals surface area contributed by atoms with Gasteiger partial charge in [-0.05, 0) is 30.2 Å². The van der Waals surface area contributed by atoms with Crippen LogP contribution in [-0.2, 0) is 24.8 Å². The van der Waals surface area contributed by atoms with E-state index in [2.05, 4.69) is 52.5 Å². The summed E-state index contributed by atoms with van der Waals surface area (Å²) in [6.07, 6.45) is 0.453. The SMILES string of the molecule is Cc1nn(C)c(C)c1CC(=O)N1CCN(Cc2cccc3ccccc23)CC1. The second-order valence-electron chi connectivity index (χ2n) is 7.74. The van der Waals surface area contributed by atoms with Gasteiger partial charge in [0.15, 0.2) is 0 Å². The van der Waals surface area contributed by atoms with Crippen LogP contribution in [0, 0.1) is 13.8 Å². The van der Waals surface area contributed by atoms with Crippen LogP contribution in [0.3, 0.4) is 0 Å². The number of rotatable bonds is 4. The molecule has 0 atom stereocenters. The number of nitrogens with zero attached hydrogens (tertiary/aromatic N) is 4. The van der Waals surface area contributed by atoms with Crippen LogP contribution in [-0.4, -0.2) is 51.7 Å². The molecule has 1 aromatic heterocycles. The van der Waals surface area contributed by atoms with Crippen molar-refractivity contribution in [2.45, 2.75) is 26.8 Å². The summed E-state index contributed by atoms with van der Waals surface area (Å²) in [5.41, 5.74) is 4.48. The lowest BCUT2D eigenvalue weighted by Crippen LogP contribution is -2.48. The van der Waals surface area contributed by atoms with Crippen LogP contribution in [0.15, 0.2) is 42.5 Å². The first-order chi connectivity index (χ1) is 13.5. The molecule has 4 rings (SSSR count). The van der Waals surface area contributed by atoms with E-state index in [1.54, 1.807) is 0 Å². The topological polar surface area (TPSA) is 41.4 Å². The van der Waals surface area contributed by atoms with Gasteiger partial charge in [0.1, 0.15) is 0 Å². The fraction of sp³-hybridized carbons (Fsp3) is 0.391. The predicted molar refractivity (Wildman–Crippen MR) is 112 cm³/mol. The molecule has 0 bridgehead atoms. The first-order valence-electron chi connectivity index (χ1n) is 9.99. The predicted octanol–water partition coefficient (Wildman–Crippen LogP) is 3.08. The van der Waals surface area contributed by atoms with E-state index in [1.165, 1.54) is 16.3 Å². The van der Waals surface area contributed by atoms with Crippen molar-refractivity contribution < 1.29 is 4.79 Å². The Balaban J connectivity index is 1.37. The summed E-state index contributed by atoms with van der Waals surface area (Å²) in [4.78, 5) is 17.2. The molecule has 1 aliphatic heterocycles. The number of hydrogen-bond donors (Lipinski definition) is 0. The Morgan fingerprint density at radius 2 is 1.71 bits per heavy atom. The zero-order valence-electron chi connectivity index (χ0n) is 17.0. The second-order valence-corrected chi connectivity index (χ2v) is 7.74. The quantitative estimate of drug-likeness (QED) is 0.703. The van der Waals surface area contributed by atoms with Gasteiger partial charge >= 0.3 is 0 Å². The van der Waals surface area contributed by atoms with Crippen LogP contribution < -0.4 is 0 Å². The summed E-state index contributed by atoms with van der Waals surface area (Å²) in [5, 5.41) is 7.04. The average molecular weight is 377 g/mol. The van der Waals surface area contributed by atoms with E-state index in [0.29, 0.717) is 6.42 Å². The molecule has 0 saturated carbocycles. The Morgan fingerprint density at radius 1 is 1.00 bits per heavy atom. The lowest BCUT2D eigenvalue weighted by Gasteiger charge is -2.35. The first-order valence-corrected chi connectivity index (χ1v) is 9.99. The van der Waals surface area contributed by atoms with Crippen LogP contribution >= 0.6 is 0 Å². The summed E-state index contributed by atoms with van der Waals surface area (Å²) in [5.74, 6) is 0.212. The second kappa shape index (κ2) is 7.76. The molecule has 0 unspecified atom stereocenters. The molecular weight excluding hydrogens is 348 g/mol. The number of carbonyl (C=O) groups excluding carboxylic acids is 1. The Kier molecular flexibility index (Phi) is 5.18. The molecule has 5 heteroatoms. The molecule has 0 spiro atoms. The van der Waals surface area contributed by atoms with Gasteiger partial charge in [-0.15, -0.1) is 0 Å². The highest BCUT2D eigenvalue weighted by molar-refractivity contribution is 5.85. The van der Waals surface area contributed by atoms with Crippen molar-refractivity contribution in [2.24, 2.45) is 7.05 Å². The number of carbonyl (C=O) groups is 1. The molecular formula is C23H28N4O. The Bertz CT molecular complexity index is 994. The fourth-order valence-corrected chi connectivity index (χ4v) is 4.16. The van der Waals surface area contributed by atoms with Gasteiger partial charge in [0.25, 0.3) is 0 Å². The van der Waals surface area contributed by atoms with Crippen LogP contribution in [0.1, 0.15) is 22.5 Å². The van der Waals surface area contributed by atoms with Crippen molar-refractivity contribution in [3.05, 3.63) is 65.0 Å². The Morgan fingerprint density at radius 3 is 2.43 bits per heavy atom. The average Bonchev–Trinajstić information content (AvgIpc) is 2.95. The first kappa shape index (κ1) is 18.7. The maximum absolute atomic E-state index is 12.8. The summed E-state index contributed by atoms with van der Waals surface area (Å²) >= 11 is 0. The molecule has 0 N–H and O–H groups in total. The monoisotopic (exact) mass is 376 g/mol. The number of aryl methyl sites for hydroxylation is 2. The maximum atomic E-state index is 12.8. The molecule has 1 amide bonds. The third-order valence-corrected chi connectivity index (χ3v) is 5.99. The molecule has 146 valence electrons. The van der Waals surface area contributed by atoms with E-state index < -0.39 is 0 Å². The van der Waals surface area contributed by atoms with E-state index in [0.717, 1.165) is 49.7 Å². The van der Waals surface area contributed by atoms with Crippen LogP contribution in [0.25, 0.3) is 10.8 Å². The van der Waals surface area contributed by atoms with E-state index in [1.807, 2.05) is 30.5 Å². The summed E-state index contributed by atoms with van der Waals surface area (Å²) in [6.45, 7) is 8.37. The molecule has 3 aromatic rings. The van der Waals surface area contributed by atoms with Gasteiger partial charge in [-0.2, -0.15) is 5.10 Å². The number of aromatic nitrogens is 2. The van der Waals surface area contributed by atoms with Gasteiger partial charge in [-0.1, -0.05) is 42.5 Å². The summed E-state index contributed by atoms with van der Waals surface area (Å²) in [6, 6.07) is 15.1. The van der Waals surface area contributed by atoms with Gasteiger partial charge in [0.05, 0.1) is 12.1 Å². The van der Waals surface area contributed by atoms with Crippen molar-refractivity contribution in [2.75, 3.05) is 26.2 Å². The Hall–Kier alpha value is -2.66. The van der Waals surface area contributed by atoms with Crippen molar-refractivity contribution in [3.8, 4) is 0 Å². The number of fused-ring (bicyclic) bond motifs is 1. The van der Waals surface area contributed by atoms with Crippen LogP contribution in [0.5, 0.6) is 0 Å². The molecule has 0 aliphatic carbocycles. The van der Waals surface area contributed by atoms with Gasteiger partial charge in [-0.3, -0.25) is 14.4 Å². The van der Waals surface area contributed by atoms with Crippen molar-refractivity contribution in [3.63, 3.8) is 0 Å². The molecule has 2 aromatic carbocycles. The number of piperazine rings is 1. The van der Waals surface area contributed by atoms with E-state index in [4.69, 9.17) is 0 Å². The van der Waals surface area contributed by atoms with Crippen molar-refractivity contribution >= 4 is 16.7 Å². The van der Waals surface area contributed by atoms with Crippen molar-refractivity contribution in [1.29, 1.82) is 0 Å². The molecule has 5 nitrogen and oxygen atoms in total. The van der Waals surface area contributed by atoms with Gasteiger partial charge < -0.3 is 4.90 Å². The zero-order valence-corrected chi connectivity index (χ0v) is 17.0. The van der Waals surface area contributed by atoms with Crippen LogP contribution in [0.2, 0.25) is 0 Å². The smallest absolute Gasteiger partial charge is 0.227 e. The number of amides is 1. The zero-order chi connectivity index (χ0) is 19.7. The highest BCUT2D eigenvalue weighted by Gasteiger charge is 2.23. The summed E-state index contributed by atoms with van der Waals surface area (Å²) < 4.78 is 1.86. The maximum Gasteiger partial charge on any atom is 0.227 e. The third-order valence-electron chi connectivity index (χ3n) is 5.99. The molecule has 2 heterocycles. The minimum atomic E-state index is 0.212. The Labute approximate surface area is 166 Å². The third kappa shape index (κ3) is 3.67. The number of benzene rings is 2. The van der Waals surface area contributed by atoms with Gasteiger partial charge in [0.2, 0.25) is 5.91 Å². The normalized spacial score (nSPS) is 15.3. The molecule has 0 radical (unpaired) electrons.